The molecule has 1 amide bonds. The number of phenolic OH excluding ortho intramolecular Hbond substituents is 2. The molecule has 3 N–H and O–H groups in total. The lowest BCUT2D eigenvalue weighted by Gasteiger charge is -2.16. The summed E-state index contributed by atoms with van der Waals surface area (Å²) < 4.78 is 26.1. The first-order valence-corrected chi connectivity index (χ1v) is 12.6. The first-order chi connectivity index (χ1) is 15.0. The molecule has 1 aromatic carbocycles. The third-order valence-corrected chi connectivity index (χ3v) is 6.14. The molecule has 0 bridgehead atoms. The average molecular weight is 464 g/mol. The second kappa shape index (κ2) is 13.1. The number of allylic oxidation sites excluding steroid dienone is 5. The largest absolute Gasteiger partial charge is 0.508 e. The van der Waals surface area contributed by atoms with E-state index in [0.717, 1.165) is 43.1 Å². The van der Waals surface area contributed by atoms with Gasteiger partial charge in [-0.1, -0.05) is 49.1 Å². The van der Waals surface area contributed by atoms with Crippen LogP contribution in [-0.2, 0) is 22.9 Å². The summed E-state index contributed by atoms with van der Waals surface area (Å²) in [6, 6.07) is 1.47. The Labute approximate surface area is 192 Å². The molecule has 6 nitrogen and oxygen atoms in total. The van der Waals surface area contributed by atoms with E-state index >= 15 is 0 Å². The highest BCUT2D eigenvalue weighted by molar-refractivity contribution is 7.92. The number of phenols is 2. The van der Waals surface area contributed by atoms with E-state index in [-0.39, 0.29) is 29.0 Å². The molecule has 0 aromatic heterocycles. The first-order valence-electron chi connectivity index (χ1n) is 11.1. The highest BCUT2D eigenvalue weighted by atomic mass is 32.2. The van der Waals surface area contributed by atoms with Gasteiger partial charge in [-0.3, -0.25) is 4.79 Å². The first kappa shape index (κ1) is 27.5. The van der Waals surface area contributed by atoms with Gasteiger partial charge >= 0.3 is 0 Å². The highest BCUT2D eigenvalue weighted by Gasteiger charge is 2.24. The molecule has 0 aliphatic heterocycles. The Morgan fingerprint density at radius 1 is 1.12 bits per heavy atom. The monoisotopic (exact) mass is 463 g/mol. The Kier molecular flexibility index (Phi) is 11.3. The maximum atomic E-state index is 12.8. The molecular formula is C25H37NO5S. The number of sulfonamides is 1. The molecule has 1 rings (SSSR count). The Bertz CT molecular complexity index is 984. The van der Waals surface area contributed by atoms with Crippen molar-refractivity contribution < 1.29 is 23.4 Å². The zero-order valence-electron chi connectivity index (χ0n) is 19.9. The van der Waals surface area contributed by atoms with Crippen LogP contribution in [0.4, 0.5) is 0 Å². The van der Waals surface area contributed by atoms with Crippen molar-refractivity contribution in [2.45, 2.75) is 79.6 Å². The van der Waals surface area contributed by atoms with Gasteiger partial charge in [-0.25, -0.2) is 13.1 Å². The van der Waals surface area contributed by atoms with Crippen LogP contribution in [-0.4, -0.2) is 24.5 Å². The molecular weight excluding hydrogens is 426 g/mol. The molecule has 178 valence electrons. The topological polar surface area (TPSA) is 104 Å². The van der Waals surface area contributed by atoms with E-state index < -0.39 is 15.9 Å². The second-order valence-corrected chi connectivity index (χ2v) is 9.80. The molecule has 0 atom stereocenters. The quantitative estimate of drug-likeness (QED) is 0.274. The summed E-state index contributed by atoms with van der Waals surface area (Å²) in [4.78, 5) is 12.8. The van der Waals surface area contributed by atoms with Crippen molar-refractivity contribution in [3.05, 3.63) is 57.5 Å². The van der Waals surface area contributed by atoms with Gasteiger partial charge in [0, 0.05) is 11.0 Å². The molecule has 32 heavy (non-hydrogen) atoms. The van der Waals surface area contributed by atoms with Gasteiger partial charge in [0.05, 0.1) is 5.56 Å². The Morgan fingerprint density at radius 3 is 2.41 bits per heavy atom. The standard InChI is InChI=1S/C25H37NO5S/c1-6-8-9-13-20-17-22(27)21(15-14-19(5)12-10-11-18(3)4)24(28)23(20)25(29)26-32(30,31)16-7-2/h7,11,14,16-17,27-28H,6,8-10,12-13,15H2,1-5H3,(H,26,29). The predicted octanol–water partition coefficient (Wildman–Crippen LogP) is 5.66. The normalized spacial score (nSPS) is 12.2. The van der Waals surface area contributed by atoms with E-state index in [2.05, 4.69) is 6.08 Å². The number of carbonyl (C=O) groups excluding carboxylic acids is 1. The molecule has 0 fully saturated rings. The number of unbranched alkanes of at least 4 members (excludes halogenated alkanes) is 2. The SMILES string of the molecule is CC=CS(=O)(=O)NC(=O)c1c(CCCCC)cc(O)c(CC=C(C)CCC=C(C)C)c1O. The van der Waals surface area contributed by atoms with Crippen LogP contribution in [0.2, 0.25) is 0 Å². The molecule has 0 radical (unpaired) electrons. The van der Waals surface area contributed by atoms with Crippen LogP contribution in [0.3, 0.4) is 0 Å². The Morgan fingerprint density at radius 2 is 1.81 bits per heavy atom. The van der Waals surface area contributed by atoms with Crippen molar-refractivity contribution in [2.75, 3.05) is 0 Å². The third-order valence-electron chi connectivity index (χ3n) is 5.04. The number of nitrogens with one attached hydrogen (secondary N) is 1. The van der Waals surface area contributed by atoms with Crippen molar-refractivity contribution in [2.24, 2.45) is 0 Å². The number of amides is 1. The van der Waals surface area contributed by atoms with Crippen LogP contribution in [0.15, 0.2) is 40.8 Å². The number of benzene rings is 1. The predicted molar refractivity (Wildman–Crippen MR) is 130 cm³/mol. The molecule has 7 heteroatoms. The van der Waals surface area contributed by atoms with E-state index in [4.69, 9.17) is 0 Å². The van der Waals surface area contributed by atoms with E-state index in [1.807, 2.05) is 38.5 Å². The maximum Gasteiger partial charge on any atom is 0.269 e. The van der Waals surface area contributed by atoms with Gasteiger partial charge in [-0.15, -0.1) is 0 Å². The summed E-state index contributed by atoms with van der Waals surface area (Å²) in [5, 5.41) is 22.3. The molecule has 0 aliphatic rings. The summed E-state index contributed by atoms with van der Waals surface area (Å²) in [5.41, 5.74) is 2.87. The minimum Gasteiger partial charge on any atom is -0.508 e. The van der Waals surface area contributed by atoms with Crippen molar-refractivity contribution in [1.82, 2.24) is 4.72 Å². The lowest BCUT2D eigenvalue weighted by molar-refractivity contribution is 0.0978. The van der Waals surface area contributed by atoms with Crippen molar-refractivity contribution >= 4 is 15.9 Å². The summed E-state index contributed by atoms with van der Waals surface area (Å²) in [6.45, 7) is 9.63. The fourth-order valence-corrected chi connectivity index (χ4v) is 4.11. The van der Waals surface area contributed by atoms with Crippen molar-refractivity contribution in [1.29, 1.82) is 0 Å². The zero-order chi connectivity index (χ0) is 24.3. The average Bonchev–Trinajstić information content (AvgIpc) is 2.66. The molecule has 0 unspecified atom stereocenters. The smallest absolute Gasteiger partial charge is 0.269 e. The van der Waals surface area contributed by atoms with Gasteiger partial charge in [-0.05, 0) is 71.4 Å². The Hall–Kier alpha value is -2.54. The van der Waals surface area contributed by atoms with E-state index in [0.29, 0.717) is 12.0 Å². The maximum absolute atomic E-state index is 12.8. The fraction of sp³-hybridized carbons (Fsp3) is 0.480. The van der Waals surface area contributed by atoms with Crippen LogP contribution in [0, 0.1) is 0 Å². The summed E-state index contributed by atoms with van der Waals surface area (Å²) in [7, 11) is -3.97. The second-order valence-electron chi connectivity index (χ2n) is 8.23. The number of aromatic hydroxyl groups is 2. The molecule has 0 saturated heterocycles. The lowest BCUT2D eigenvalue weighted by Crippen LogP contribution is -2.30. The molecule has 1 aromatic rings. The summed E-state index contributed by atoms with van der Waals surface area (Å²) >= 11 is 0. The van der Waals surface area contributed by atoms with Crippen molar-refractivity contribution in [3.8, 4) is 11.5 Å². The van der Waals surface area contributed by atoms with Gasteiger partial charge in [0.15, 0.2) is 0 Å². The molecule has 0 aliphatic carbocycles. The van der Waals surface area contributed by atoms with Crippen LogP contribution >= 0.6 is 0 Å². The number of rotatable bonds is 12. The molecule has 0 spiro atoms. The number of hydrogen-bond donors (Lipinski definition) is 3. The minimum absolute atomic E-state index is 0.0995. The van der Waals surface area contributed by atoms with Crippen LogP contribution in [0.5, 0.6) is 11.5 Å². The summed E-state index contributed by atoms with van der Waals surface area (Å²) in [5.74, 6) is -1.38. The van der Waals surface area contributed by atoms with Crippen LogP contribution < -0.4 is 4.72 Å². The minimum atomic E-state index is -3.97. The van der Waals surface area contributed by atoms with Gasteiger partial charge in [-0.2, -0.15) is 0 Å². The van der Waals surface area contributed by atoms with Gasteiger partial charge in [0.1, 0.15) is 11.5 Å². The van der Waals surface area contributed by atoms with Gasteiger partial charge in [0.25, 0.3) is 15.9 Å². The number of aryl methyl sites for hydroxylation is 1. The summed E-state index contributed by atoms with van der Waals surface area (Å²) in [6.07, 6.45) is 10.4. The van der Waals surface area contributed by atoms with Gasteiger partial charge < -0.3 is 10.2 Å². The van der Waals surface area contributed by atoms with E-state index in [1.54, 1.807) is 0 Å². The van der Waals surface area contributed by atoms with E-state index in [1.165, 1.54) is 24.6 Å². The van der Waals surface area contributed by atoms with Crippen LogP contribution in [0.25, 0.3) is 0 Å². The Balaban J connectivity index is 3.32. The number of carbonyl (C=O) groups is 1. The van der Waals surface area contributed by atoms with Gasteiger partial charge in [0.2, 0.25) is 0 Å². The molecule has 0 saturated carbocycles. The van der Waals surface area contributed by atoms with E-state index in [9.17, 15) is 23.4 Å². The highest BCUT2D eigenvalue weighted by Crippen LogP contribution is 2.35. The fourth-order valence-electron chi connectivity index (χ4n) is 3.33. The molecule has 0 heterocycles. The van der Waals surface area contributed by atoms with Crippen LogP contribution in [0.1, 0.15) is 88.2 Å². The zero-order valence-corrected chi connectivity index (χ0v) is 20.7. The third kappa shape index (κ3) is 8.91. The van der Waals surface area contributed by atoms with Crippen molar-refractivity contribution in [3.63, 3.8) is 0 Å². The number of hydrogen-bond acceptors (Lipinski definition) is 5. The lowest BCUT2D eigenvalue weighted by atomic mass is 9.94.